The van der Waals surface area contributed by atoms with Gasteiger partial charge in [-0.25, -0.2) is 0 Å². The Bertz CT molecular complexity index is 643. The van der Waals surface area contributed by atoms with Crippen molar-refractivity contribution in [2.24, 2.45) is 29.1 Å². The molecule has 0 radical (unpaired) electrons. The summed E-state index contributed by atoms with van der Waals surface area (Å²) in [5.41, 5.74) is 3.88. The summed E-state index contributed by atoms with van der Waals surface area (Å²) in [5.74, 6) is 3.20. The monoisotopic (exact) mass is 400 g/mol. The third-order valence-electron chi connectivity index (χ3n) is 8.43. The fraction of sp³-hybridized carbons (Fsp3) is 0.778. The molecule has 3 aliphatic carbocycles. The molecule has 0 amide bonds. The molecule has 3 rings (SSSR count). The minimum absolute atomic E-state index is 0.420. The van der Waals surface area contributed by atoms with Gasteiger partial charge in [0.15, 0.2) is 0 Å². The quantitative estimate of drug-likeness (QED) is 0.528. The second-order valence-electron chi connectivity index (χ2n) is 11.0. The fourth-order valence-electron chi connectivity index (χ4n) is 6.73. The highest BCUT2D eigenvalue weighted by Gasteiger charge is 2.50. The molecule has 0 heterocycles. The van der Waals surface area contributed by atoms with Crippen LogP contribution in [0.4, 0.5) is 0 Å². The molecule has 0 spiro atoms. The molecule has 3 saturated carbocycles. The third kappa shape index (κ3) is 5.07. The molecule has 2 heteroatoms. The Morgan fingerprint density at radius 2 is 1.90 bits per heavy atom. The average Bonchev–Trinajstić information content (AvgIpc) is 3.00. The van der Waals surface area contributed by atoms with Crippen LogP contribution in [0, 0.1) is 29.1 Å². The Labute approximate surface area is 179 Å². The second-order valence-corrected chi connectivity index (χ2v) is 11.0. The maximum Gasteiger partial charge on any atom is 0.0811 e. The van der Waals surface area contributed by atoms with Gasteiger partial charge in [0.2, 0.25) is 0 Å². The van der Waals surface area contributed by atoms with Crippen molar-refractivity contribution in [3.63, 3.8) is 0 Å². The Balaban J connectivity index is 1.71. The second kappa shape index (κ2) is 9.52. The van der Waals surface area contributed by atoms with Crippen LogP contribution in [0.25, 0.3) is 0 Å². The molecule has 3 aliphatic rings. The summed E-state index contributed by atoms with van der Waals surface area (Å²) in [6, 6.07) is 0. The molecule has 3 fully saturated rings. The molecule has 29 heavy (non-hydrogen) atoms. The number of hydrogen-bond donors (Lipinski definition) is 2. The van der Waals surface area contributed by atoms with Gasteiger partial charge in [0.25, 0.3) is 0 Å². The van der Waals surface area contributed by atoms with E-state index in [9.17, 15) is 10.2 Å². The van der Waals surface area contributed by atoms with Crippen LogP contribution in [0.3, 0.4) is 0 Å². The SMILES string of the molecule is C=C1/C(=C/C=C2CCC[C@]3(C)[C@@H]([C@H](C)CCCC(C)C)CC[C@@H]23)C[C@@H](O)C[C@H]1O. The van der Waals surface area contributed by atoms with Gasteiger partial charge >= 0.3 is 0 Å². The molecule has 0 aromatic rings. The van der Waals surface area contributed by atoms with Gasteiger partial charge < -0.3 is 10.2 Å². The molecule has 0 bridgehead atoms. The van der Waals surface area contributed by atoms with Crippen LogP contribution in [0.1, 0.15) is 91.9 Å². The van der Waals surface area contributed by atoms with E-state index in [0.29, 0.717) is 24.2 Å². The van der Waals surface area contributed by atoms with Crippen molar-refractivity contribution in [2.75, 3.05) is 0 Å². The molecule has 2 N–H and O–H groups in total. The highest BCUT2D eigenvalue weighted by molar-refractivity contribution is 5.38. The van der Waals surface area contributed by atoms with Crippen LogP contribution in [0.2, 0.25) is 0 Å². The summed E-state index contributed by atoms with van der Waals surface area (Å²) >= 11 is 0. The zero-order chi connectivity index (χ0) is 21.2. The van der Waals surface area contributed by atoms with Gasteiger partial charge in [-0.1, -0.05) is 71.3 Å². The highest BCUT2D eigenvalue weighted by Crippen LogP contribution is 2.59. The van der Waals surface area contributed by atoms with E-state index in [-0.39, 0.29) is 0 Å². The Kier molecular flexibility index (Phi) is 7.49. The van der Waals surface area contributed by atoms with E-state index in [0.717, 1.165) is 28.9 Å². The van der Waals surface area contributed by atoms with Crippen LogP contribution < -0.4 is 0 Å². The largest absolute Gasteiger partial charge is 0.393 e. The van der Waals surface area contributed by atoms with E-state index in [4.69, 9.17) is 0 Å². The summed E-state index contributed by atoms with van der Waals surface area (Å²) in [6.07, 6.45) is 15.2. The Morgan fingerprint density at radius 1 is 1.14 bits per heavy atom. The Morgan fingerprint density at radius 3 is 2.62 bits per heavy atom. The molecule has 2 nitrogen and oxygen atoms in total. The first-order valence-corrected chi connectivity index (χ1v) is 12.2. The van der Waals surface area contributed by atoms with Crippen LogP contribution in [0.5, 0.6) is 0 Å². The lowest BCUT2D eigenvalue weighted by atomic mass is 9.60. The zero-order valence-electron chi connectivity index (χ0n) is 19.3. The molecular formula is C27H44O2. The van der Waals surface area contributed by atoms with E-state index < -0.39 is 12.2 Å². The molecule has 6 atom stereocenters. The molecule has 164 valence electrons. The van der Waals surface area contributed by atoms with Crippen LogP contribution in [-0.4, -0.2) is 22.4 Å². The number of aliphatic hydroxyl groups is 2. The predicted octanol–water partition coefficient (Wildman–Crippen LogP) is 6.59. The van der Waals surface area contributed by atoms with Crippen LogP contribution in [0.15, 0.2) is 35.5 Å². The minimum atomic E-state index is -0.595. The zero-order valence-corrected chi connectivity index (χ0v) is 19.3. The molecular weight excluding hydrogens is 356 g/mol. The average molecular weight is 401 g/mol. The summed E-state index contributed by atoms with van der Waals surface area (Å²) in [5, 5.41) is 20.2. The molecule has 0 unspecified atom stereocenters. The molecule has 0 aromatic heterocycles. The maximum absolute atomic E-state index is 10.1. The number of hydrogen-bond acceptors (Lipinski definition) is 2. The number of rotatable bonds is 6. The van der Waals surface area contributed by atoms with E-state index >= 15 is 0 Å². The Hall–Kier alpha value is -0.860. The highest BCUT2D eigenvalue weighted by atomic mass is 16.3. The first kappa shape index (κ1) is 22.8. The normalized spacial score (nSPS) is 39.3. The number of aliphatic hydroxyl groups excluding tert-OH is 2. The van der Waals surface area contributed by atoms with E-state index in [1.54, 1.807) is 5.57 Å². The van der Waals surface area contributed by atoms with Crippen molar-refractivity contribution in [3.8, 4) is 0 Å². The van der Waals surface area contributed by atoms with E-state index in [1.807, 2.05) is 0 Å². The summed E-state index contributed by atoms with van der Waals surface area (Å²) in [6.45, 7) is 13.8. The van der Waals surface area contributed by atoms with Crippen LogP contribution in [-0.2, 0) is 0 Å². The van der Waals surface area contributed by atoms with Gasteiger partial charge in [-0.3, -0.25) is 0 Å². The first-order valence-electron chi connectivity index (χ1n) is 12.2. The molecule has 0 saturated heterocycles. The van der Waals surface area contributed by atoms with E-state index in [1.165, 1.54) is 51.4 Å². The summed E-state index contributed by atoms with van der Waals surface area (Å²) in [4.78, 5) is 0. The van der Waals surface area contributed by atoms with Gasteiger partial charge in [0.1, 0.15) is 0 Å². The van der Waals surface area contributed by atoms with Crippen molar-refractivity contribution in [3.05, 3.63) is 35.5 Å². The molecule has 0 aromatic carbocycles. The standard InChI is InChI=1S/C27H44O2/c1-18(2)8-6-9-19(3)24-13-14-25-21(10-7-15-27(24,25)5)11-12-22-16-23(28)17-26(29)20(22)4/h11-12,18-19,23-26,28-29H,4,6-10,13-17H2,1-3,5H3/b21-11?,22-12+/t19-,23-,24-,25+,26-,27-/m1/s1. The fourth-order valence-corrected chi connectivity index (χ4v) is 6.73. The van der Waals surface area contributed by atoms with Crippen molar-refractivity contribution < 1.29 is 10.2 Å². The van der Waals surface area contributed by atoms with Gasteiger partial charge in [0.05, 0.1) is 12.2 Å². The van der Waals surface area contributed by atoms with Gasteiger partial charge in [-0.15, -0.1) is 0 Å². The van der Waals surface area contributed by atoms with Crippen molar-refractivity contribution in [1.29, 1.82) is 0 Å². The number of fused-ring (bicyclic) bond motifs is 1. The van der Waals surface area contributed by atoms with Gasteiger partial charge in [-0.2, -0.15) is 0 Å². The lowest BCUT2D eigenvalue weighted by molar-refractivity contribution is 0.0861. The van der Waals surface area contributed by atoms with Gasteiger partial charge in [-0.05, 0) is 78.8 Å². The van der Waals surface area contributed by atoms with E-state index in [2.05, 4.69) is 46.4 Å². The van der Waals surface area contributed by atoms with Crippen LogP contribution >= 0.6 is 0 Å². The first-order chi connectivity index (χ1) is 13.7. The molecule has 0 aliphatic heterocycles. The smallest absolute Gasteiger partial charge is 0.0811 e. The lowest BCUT2D eigenvalue weighted by Crippen LogP contribution is -2.36. The minimum Gasteiger partial charge on any atom is -0.393 e. The lowest BCUT2D eigenvalue weighted by Gasteiger charge is -2.44. The maximum atomic E-state index is 10.1. The predicted molar refractivity (Wildman–Crippen MR) is 123 cm³/mol. The third-order valence-corrected chi connectivity index (χ3v) is 8.43. The topological polar surface area (TPSA) is 40.5 Å². The van der Waals surface area contributed by atoms with Crippen molar-refractivity contribution >= 4 is 0 Å². The van der Waals surface area contributed by atoms with Crippen molar-refractivity contribution in [1.82, 2.24) is 0 Å². The number of allylic oxidation sites excluding steroid dienone is 3. The van der Waals surface area contributed by atoms with Crippen molar-refractivity contribution in [2.45, 2.75) is 104 Å². The summed E-state index contributed by atoms with van der Waals surface area (Å²) in [7, 11) is 0. The van der Waals surface area contributed by atoms with Gasteiger partial charge in [0, 0.05) is 6.42 Å². The summed E-state index contributed by atoms with van der Waals surface area (Å²) < 4.78 is 0.